The lowest BCUT2D eigenvalue weighted by molar-refractivity contribution is -0.318. The molecule has 2 aliphatic carbocycles. The SMILES string of the molecule is COc1ccc([C@@H]2[C@@H](O[Si](C(C)C)(C(C)C)C(C)C)C[C@]34C[C@@H](C(C)(C)O[Si](C)(C)C)OC3=CC(=O)[C@H]2C4(OC)OC)cc1OC. The third-order valence-electron chi connectivity index (χ3n) is 11.0. The Morgan fingerprint density at radius 1 is 0.870 bits per heavy atom. The summed E-state index contributed by atoms with van der Waals surface area (Å²) in [5.74, 6) is -0.571. The molecule has 0 N–H and O–H groups in total. The Labute approximate surface area is 280 Å². The van der Waals surface area contributed by atoms with Crippen molar-refractivity contribution in [2.45, 2.75) is 134 Å². The van der Waals surface area contributed by atoms with E-state index < -0.39 is 39.4 Å². The molecule has 1 aromatic carbocycles. The molecule has 2 bridgehead atoms. The van der Waals surface area contributed by atoms with Crippen LogP contribution in [0.4, 0.5) is 0 Å². The third kappa shape index (κ3) is 5.83. The van der Waals surface area contributed by atoms with Crippen LogP contribution in [0.15, 0.2) is 30.0 Å². The van der Waals surface area contributed by atoms with Gasteiger partial charge in [-0.1, -0.05) is 47.6 Å². The fraction of sp³-hybridized carbons (Fsp3) is 0.750. The van der Waals surface area contributed by atoms with E-state index in [0.717, 1.165) is 5.56 Å². The van der Waals surface area contributed by atoms with Gasteiger partial charge in [-0.05, 0) is 74.2 Å². The molecule has 5 atom stereocenters. The highest BCUT2D eigenvalue weighted by atomic mass is 28.4. The number of carbonyl (C=O) groups is 1. The lowest BCUT2D eigenvalue weighted by Crippen LogP contribution is -2.69. The number of rotatable bonds is 13. The Hall–Kier alpha value is -1.70. The van der Waals surface area contributed by atoms with Gasteiger partial charge in [0, 0.05) is 32.6 Å². The van der Waals surface area contributed by atoms with Gasteiger partial charge < -0.3 is 32.5 Å². The van der Waals surface area contributed by atoms with Gasteiger partial charge in [0.1, 0.15) is 11.9 Å². The zero-order valence-electron chi connectivity index (χ0n) is 31.0. The van der Waals surface area contributed by atoms with Crippen LogP contribution in [0.1, 0.15) is 79.7 Å². The molecular formula is C36H60O8Si2. The summed E-state index contributed by atoms with van der Waals surface area (Å²) in [5.41, 5.74) is 0.650. The first kappa shape index (κ1) is 37.1. The highest BCUT2D eigenvalue weighted by Crippen LogP contribution is 2.68. The summed E-state index contributed by atoms with van der Waals surface area (Å²) in [4.78, 5) is 14.6. The van der Waals surface area contributed by atoms with Crippen molar-refractivity contribution < 1.29 is 37.3 Å². The summed E-state index contributed by atoms with van der Waals surface area (Å²) in [6, 6.07) is 5.93. The maximum atomic E-state index is 14.6. The first-order chi connectivity index (χ1) is 21.3. The number of allylic oxidation sites excluding steroid dienone is 1. The number of ketones is 1. The van der Waals surface area contributed by atoms with Crippen LogP contribution in [0.2, 0.25) is 36.3 Å². The second kappa shape index (κ2) is 13.0. The van der Waals surface area contributed by atoms with Gasteiger partial charge in [0.25, 0.3) is 0 Å². The molecule has 1 spiro atoms. The Balaban J connectivity index is 1.99. The number of fused-ring (bicyclic) bond motifs is 1. The van der Waals surface area contributed by atoms with E-state index in [-0.39, 0.29) is 23.9 Å². The van der Waals surface area contributed by atoms with Gasteiger partial charge in [0.05, 0.1) is 37.3 Å². The van der Waals surface area contributed by atoms with Gasteiger partial charge in [0.15, 0.2) is 31.4 Å². The molecule has 1 aromatic rings. The minimum atomic E-state index is -2.43. The van der Waals surface area contributed by atoms with Gasteiger partial charge in [-0.3, -0.25) is 4.79 Å². The highest BCUT2D eigenvalue weighted by Gasteiger charge is 2.74. The normalized spacial score (nSPS) is 28.0. The van der Waals surface area contributed by atoms with Crippen molar-refractivity contribution in [1.29, 1.82) is 0 Å². The molecule has 1 aliphatic heterocycles. The Morgan fingerprint density at radius 3 is 1.91 bits per heavy atom. The maximum Gasteiger partial charge on any atom is 0.200 e. The average molecular weight is 677 g/mol. The van der Waals surface area contributed by atoms with Gasteiger partial charge in [-0.15, -0.1) is 0 Å². The van der Waals surface area contributed by atoms with Gasteiger partial charge in [-0.25, -0.2) is 0 Å². The molecule has 260 valence electrons. The molecule has 8 nitrogen and oxygen atoms in total. The van der Waals surface area contributed by atoms with E-state index in [1.54, 1.807) is 34.5 Å². The van der Waals surface area contributed by atoms with Gasteiger partial charge in [-0.2, -0.15) is 0 Å². The zero-order chi connectivity index (χ0) is 34.6. The lowest BCUT2D eigenvalue weighted by atomic mass is 9.52. The fourth-order valence-electron chi connectivity index (χ4n) is 9.56. The van der Waals surface area contributed by atoms with Crippen LogP contribution in [0, 0.1) is 11.3 Å². The zero-order valence-corrected chi connectivity index (χ0v) is 33.0. The summed E-state index contributed by atoms with van der Waals surface area (Å²) in [5, 5.41) is 0. The van der Waals surface area contributed by atoms with Crippen molar-refractivity contribution in [3.63, 3.8) is 0 Å². The quantitative estimate of drug-likeness (QED) is 0.153. The molecule has 4 rings (SSSR count). The standard InChI is InChI=1S/C36H60O8Si2/c1-22(2)46(23(3)4,24(5)6)43-29-20-35-21-31(34(7,8)44-45(13,14)15)42-30(35)19-26(37)33(36(35,40-11)41-12)32(29)25-16-17-27(38-9)28(18-25)39-10/h16-19,22-24,29,31-33H,20-21H2,1-15H3/t29-,31-,32+,33+,35-/m0/s1. The Kier molecular flexibility index (Phi) is 10.5. The Morgan fingerprint density at radius 2 is 1.43 bits per heavy atom. The molecule has 0 unspecified atom stereocenters. The molecule has 1 heterocycles. The Bertz CT molecular complexity index is 1270. The van der Waals surface area contributed by atoms with Gasteiger partial charge >= 0.3 is 0 Å². The van der Waals surface area contributed by atoms with E-state index in [2.05, 4.69) is 75.0 Å². The van der Waals surface area contributed by atoms with Crippen molar-refractivity contribution >= 4 is 22.4 Å². The monoisotopic (exact) mass is 676 g/mol. The lowest BCUT2D eigenvalue weighted by Gasteiger charge is -2.60. The van der Waals surface area contributed by atoms with E-state index in [0.29, 0.717) is 46.7 Å². The van der Waals surface area contributed by atoms with E-state index in [1.165, 1.54) is 0 Å². The molecule has 1 saturated heterocycles. The number of ether oxygens (including phenoxy) is 5. The third-order valence-corrected chi connectivity index (χ3v) is 18.3. The van der Waals surface area contributed by atoms with E-state index in [1.807, 2.05) is 18.2 Å². The minimum absolute atomic E-state index is 0.0853. The summed E-state index contributed by atoms with van der Waals surface area (Å²) >= 11 is 0. The van der Waals surface area contributed by atoms with Crippen molar-refractivity contribution in [2.75, 3.05) is 28.4 Å². The molecule has 2 fully saturated rings. The van der Waals surface area contributed by atoms with Crippen molar-refractivity contribution in [3.8, 4) is 11.5 Å². The van der Waals surface area contributed by atoms with Crippen molar-refractivity contribution in [2.24, 2.45) is 11.3 Å². The molecule has 0 radical (unpaired) electrons. The maximum absolute atomic E-state index is 14.6. The first-order valence-electron chi connectivity index (χ1n) is 16.9. The fourth-order valence-corrected chi connectivity index (χ4v) is 16.8. The second-order valence-electron chi connectivity index (χ2n) is 16.0. The minimum Gasteiger partial charge on any atom is -0.493 e. The number of hydrogen-bond donors (Lipinski definition) is 0. The van der Waals surface area contributed by atoms with Crippen LogP contribution in [0.25, 0.3) is 0 Å². The molecule has 10 heteroatoms. The summed E-state index contributed by atoms with van der Waals surface area (Å²) in [6.45, 7) is 24.6. The molecule has 0 amide bonds. The smallest absolute Gasteiger partial charge is 0.200 e. The highest BCUT2D eigenvalue weighted by molar-refractivity contribution is 6.77. The molecular weight excluding hydrogens is 617 g/mol. The number of methoxy groups -OCH3 is 4. The van der Waals surface area contributed by atoms with E-state index >= 15 is 0 Å². The molecule has 3 aliphatic rings. The van der Waals surface area contributed by atoms with Crippen molar-refractivity contribution in [1.82, 2.24) is 0 Å². The first-order valence-corrected chi connectivity index (χ1v) is 22.5. The van der Waals surface area contributed by atoms with Crippen molar-refractivity contribution in [3.05, 3.63) is 35.6 Å². The van der Waals surface area contributed by atoms with Crippen LogP contribution in [-0.4, -0.2) is 74.5 Å². The molecule has 0 aromatic heterocycles. The topological polar surface area (TPSA) is 81.7 Å². The molecule has 1 saturated carbocycles. The second-order valence-corrected chi connectivity index (χ2v) is 25.8. The predicted molar refractivity (Wildman–Crippen MR) is 187 cm³/mol. The number of hydrogen-bond acceptors (Lipinski definition) is 8. The van der Waals surface area contributed by atoms with E-state index in [9.17, 15) is 4.79 Å². The number of benzene rings is 1. The predicted octanol–water partition coefficient (Wildman–Crippen LogP) is 8.23. The van der Waals surface area contributed by atoms with Gasteiger partial charge in [0.2, 0.25) is 8.32 Å². The largest absolute Gasteiger partial charge is 0.493 e. The van der Waals surface area contributed by atoms with Crippen LogP contribution >= 0.6 is 0 Å². The van der Waals surface area contributed by atoms with Crippen LogP contribution < -0.4 is 9.47 Å². The molecule has 46 heavy (non-hydrogen) atoms. The van der Waals surface area contributed by atoms with Crippen LogP contribution in [0.3, 0.4) is 0 Å². The van der Waals surface area contributed by atoms with E-state index in [4.69, 9.17) is 32.5 Å². The summed E-state index contributed by atoms with van der Waals surface area (Å²) in [6.07, 6.45) is 2.26. The summed E-state index contributed by atoms with van der Waals surface area (Å²) in [7, 11) is 2.22. The average Bonchev–Trinajstić information content (AvgIpc) is 3.32. The summed E-state index contributed by atoms with van der Waals surface area (Å²) < 4.78 is 45.6. The van der Waals surface area contributed by atoms with Crippen LogP contribution in [-0.2, 0) is 27.9 Å². The van der Waals surface area contributed by atoms with Crippen LogP contribution in [0.5, 0.6) is 11.5 Å². The number of carbonyl (C=O) groups excluding carboxylic acids is 1.